The average Bonchev–Trinajstić information content (AvgIpc) is 2.53. The lowest BCUT2D eigenvalue weighted by atomic mass is 10.0. The fourth-order valence-electron chi connectivity index (χ4n) is 1.95. The number of amides is 2. The van der Waals surface area contributed by atoms with Crippen LogP contribution in [0.15, 0.2) is 24.3 Å². The molecule has 1 rings (SSSR count). The van der Waals surface area contributed by atoms with E-state index in [1.165, 1.54) is 0 Å². The molecule has 0 saturated carbocycles. The van der Waals surface area contributed by atoms with Crippen molar-refractivity contribution in [3.8, 4) is 18.1 Å². The van der Waals surface area contributed by atoms with Crippen molar-refractivity contribution in [1.29, 1.82) is 0 Å². The summed E-state index contributed by atoms with van der Waals surface area (Å²) >= 11 is 0. The third-order valence-electron chi connectivity index (χ3n) is 3.80. The molecule has 2 unspecified atom stereocenters. The molecule has 0 saturated heterocycles. The van der Waals surface area contributed by atoms with Crippen LogP contribution in [0.25, 0.3) is 0 Å². The fourth-order valence-corrected chi connectivity index (χ4v) is 1.95. The van der Waals surface area contributed by atoms with Crippen molar-refractivity contribution in [1.82, 2.24) is 10.6 Å². The molecule has 4 heteroatoms. The highest BCUT2D eigenvalue weighted by molar-refractivity contribution is 5.74. The Kier molecular flexibility index (Phi) is 7.91. The minimum Gasteiger partial charge on any atom is -0.481 e. The molecular weight excluding hydrogens is 276 g/mol. The lowest BCUT2D eigenvalue weighted by molar-refractivity contribution is 0.233. The van der Waals surface area contributed by atoms with Crippen LogP contribution >= 0.6 is 0 Å². The normalized spacial score (nSPS) is 12.8. The Morgan fingerprint density at radius 2 is 2.00 bits per heavy atom. The zero-order chi connectivity index (χ0) is 16.4. The van der Waals surface area contributed by atoms with E-state index in [1.54, 1.807) is 0 Å². The highest BCUT2D eigenvalue weighted by Crippen LogP contribution is 2.12. The smallest absolute Gasteiger partial charge is 0.315 e. The summed E-state index contributed by atoms with van der Waals surface area (Å²) in [6, 6.07) is 7.80. The van der Waals surface area contributed by atoms with Crippen molar-refractivity contribution < 1.29 is 9.53 Å². The van der Waals surface area contributed by atoms with E-state index in [1.807, 2.05) is 31.2 Å². The van der Waals surface area contributed by atoms with E-state index in [0.29, 0.717) is 12.5 Å². The summed E-state index contributed by atoms with van der Waals surface area (Å²) in [7, 11) is 0. The maximum Gasteiger partial charge on any atom is 0.315 e. The van der Waals surface area contributed by atoms with E-state index < -0.39 is 0 Å². The second kappa shape index (κ2) is 9.73. The summed E-state index contributed by atoms with van der Waals surface area (Å²) in [5.74, 6) is 3.66. The molecule has 0 fully saturated rings. The number of benzene rings is 1. The molecule has 2 N–H and O–H groups in total. The van der Waals surface area contributed by atoms with Gasteiger partial charge in [0.1, 0.15) is 12.4 Å². The third kappa shape index (κ3) is 6.53. The summed E-state index contributed by atoms with van der Waals surface area (Å²) in [5.41, 5.74) is 1.14. The maximum atomic E-state index is 11.8. The average molecular weight is 302 g/mol. The molecule has 0 aliphatic carbocycles. The summed E-state index contributed by atoms with van der Waals surface area (Å²) in [6.07, 6.45) is 6.97. The number of hydrogen-bond acceptors (Lipinski definition) is 2. The topological polar surface area (TPSA) is 50.4 Å². The molecule has 0 bridgehead atoms. The molecule has 0 spiro atoms. The van der Waals surface area contributed by atoms with Crippen LogP contribution < -0.4 is 15.4 Å². The first-order chi connectivity index (χ1) is 10.6. The minimum atomic E-state index is -0.109. The first kappa shape index (κ1) is 17.9. The lowest BCUT2D eigenvalue weighted by Gasteiger charge is -2.20. The SMILES string of the molecule is C#CCOc1ccc(CCNC(=O)NC(C)C(C)CC)cc1. The van der Waals surface area contributed by atoms with Crippen molar-refractivity contribution in [3.05, 3.63) is 29.8 Å². The van der Waals surface area contributed by atoms with Gasteiger partial charge in [-0.05, 0) is 37.0 Å². The van der Waals surface area contributed by atoms with Crippen molar-refractivity contribution in [3.63, 3.8) is 0 Å². The van der Waals surface area contributed by atoms with Gasteiger partial charge in [-0.25, -0.2) is 4.79 Å². The van der Waals surface area contributed by atoms with Crippen LogP contribution in [0.3, 0.4) is 0 Å². The minimum absolute atomic E-state index is 0.109. The van der Waals surface area contributed by atoms with Crippen molar-refractivity contribution in [2.24, 2.45) is 5.92 Å². The molecule has 22 heavy (non-hydrogen) atoms. The number of urea groups is 1. The summed E-state index contributed by atoms with van der Waals surface area (Å²) < 4.78 is 5.31. The highest BCUT2D eigenvalue weighted by atomic mass is 16.5. The summed E-state index contributed by atoms with van der Waals surface area (Å²) in [6.45, 7) is 7.16. The predicted molar refractivity (Wildman–Crippen MR) is 89.9 cm³/mol. The third-order valence-corrected chi connectivity index (χ3v) is 3.80. The fraction of sp³-hybridized carbons (Fsp3) is 0.500. The van der Waals surface area contributed by atoms with Gasteiger partial charge in [0.15, 0.2) is 0 Å². The number of hydrogen-bond donors (Lipinski definition) is 2. The van der Waals surface area contributed by atoms with Crippen LogP contribution in [0.2, 0.25) is 0 Å². The van der Waals surface area contributed by atoms with Crippen LogP contribution in [0, 0.1) is 18.3 Å². The van der Waals surface area contributed by atoms with Crippen LogP contribution in [0.1, 0.15) is 32.8 Å². The quantitative estimate of drug-likeness (QED) is 0.725. The zero-order valence-corrected chi connectivity index (χ0v) is 13.7. The molecule has 1 aromatic carbocycles. The van der Waals surface area contributed by atoms with Crippen molar-refractivity contribution in [2.45, 2.75) is 39.7 Å². The van der Waals surface area contributed by atoms with Crippen molar-refractivity contribution >= 4 is 6.03 Å². The lowest BCUT2D eigenvalue weighted by Crippen LogP contribution is -2.43. The standard InChI is InChI=1S/C18H26N2O2/c1-5-13-22-17-9-7-16(8-10-17)11-12-19-18(21)20-15(4)14(3)6-2/h1,7-10,14-15H,6,11-13H2,2-4H3,(H2,19,20,21). The molecule has 0 aromatic heterocycles. The van der Waals surface area contributed by atoms with Gasteiger partial charge in [-0.1, -0.05) is 38.3 Å². The Hall–Kier alpha value is -2.15. The number of carbonyl (C=O) groups excluding carboxylic acids is 1. The molecule has 4 nitrogen and oxygen atoms in total. The highest BCUT2D eigenvalue weighted by Gasteiger charge is 2.12. The Morgan fingerprint density at radius 3 is 2.59 bits per heavy atom. The van der Waals surface area contributed by atoms with E-state index in [-0.39, 0.29) is 18.7 Å². The molecule has 1 aromatic rings. The second-order valence-electron chi connectivity index (χ2n) is 5.46. The molecule has 2 atom stereocenters. The monoisotopic (exact) mass is 302 g/mol. The molecule has 0 radical (unpaired) electrons. The van der Waals surface area contributed by atoms with Crippen LogP contribution in [0.4, 0.5) is 4.79 Å². The van der Waals surface area contributed by atoms with Gasteiger partial charge >= 0.3 is 6.03 Å². The first-order valence-corrected chi connectivity index (χ1v) is 7.76. The van der Waals surface area contributed by atoms with E-state index >= 15 is 0 Å². The van der Waals surface area contributed by atoms with Gasteiger partial charge in [-0.3, -0.25) is 0 Å². The largest absolute Gasteiger partial charge is 0.481 e. The van der Waals surface area contributed by atoms with Gasteiger partial charge in [0.25, 0.3) is 0 Å². The Balaban J connectivity index is 2.29. The number of nitrogens with one attached hydrogen (secondary N) is 2. The first-order valence-electron chi connectivity index (χ1n) is 7.76. The van der Waals surface area contributed by atoms with Gasteiger partial charge < -0.3 is 15.4 Å². The van der Waals surface area contributed by atoms with Crippen LogP contribution in [-0.2, 0) is 6.42 Å². The number of ether oxygens (including phenoxy) is 1. The molecule has 0 aliphatic rings. The Morgan fingerprint density at radius 1 is 1.32 bits per heavy atom. The molecule has 0 aliphatic heterocycles. The van der Waals surface area contributed by atoms with Crippen LogP contribution in [0.5, 0.6) is 5.75 Å². The molecule has 2 amide bonds. The number of carbonyl (C=O) groups is 1. The molecule has 120 valence electrons. The second-order valence-corrected chi connectivity index (χ2v) is 5.46. The maximum absolute atomic E-state index is 11.8. The summed E-state index contributed by atoms with van der Waals surface area (Å²) in [4.78, 5) is 11.8. The van der Waals surface area contributed by atoms with Crippen LogP contribution in [-0.4, -0.2) is 25.2 Å². The van der Waals surface area contributed by atoms with Crippen molar-refractivity contribution in [2.75, 3.05) is 13.2 Å². The summed E-state index contributed by atoms with van der Waals surface area (Å²) in [5, 5.41) is 5.84. The Labute approximate surface area is 133 Å². The predicted octanol–water partition coefficient (Wildman–Crippen LogP) is 2.97. The molecular formula is C18H26N2O2. The van der Waals surface area contributed by atoms with E-state index in [4.69, 9.17) is 11.2 Å². The number of terminal acetylenes is 1. The molecule has 0 heterocycles. The van der Waals surface area contributed by atoms with Gasteiger partial charge in [0, 0.05) is 12.6 Å². The van der Waals surface area contributed by atoms with Gasteiger partial charge in [0.2, 0.25) is 0 Å². The van der Waals surface area contributed by atoms with Gasteiger partial charge in [-0.15, -0.1) is 6.42 Å². The Bertz CT molecular complexity index is 491. The zero-order valence-electron chi connectivity index (χ0n) is 13.7. The van der Waals surface area contributed by atoms with E-state index in [0.717, 1.165) is 24.2 Å². The van der Waals surface area contributed by atoms with E-state index in [2.05, 4.69) is 30.4 Å². The number of rotatable bonds is 8. The van der Waals surface area contributed by atoms with Gasteiger partial charge in [0.05, 0.1) is 0 Å². The van der Waals surface area contributed by atoms with Gasteiger partial charge in [-0.2, -0.15) is 0 Å². The van der Waals surface area contributed by atoms with E-state index in [9.17, 15) is 4.79 Å².